The van der Waals surface area contributed by atoms with Crippen molar-refractivity contribution < 1.29 is 22.4 Å². The SMILES string of the molecule is CN(c1ccc(F)cc1)S(=O)(=O)c1ccc(Cl)c(C(=O)NNC(=O)c2cccc(Cl)c2)c1. The van der Waals surface area contributed by atoms with Crippen LogP contribution in [0, 0.1) is 5.82 Å². The van der Waals surface area contributed by atoms with E-state index < -0.39 is 27.7 Å². The molecule has 3 aromatic rings. The van der Waals surface area contributed by atoms with Crippen LogP contribution in [-0.4, -0.2) is 27.3 Å². The normalized spacial score (nSPS) is 11.0. The van der Waals surface area contributed by atoms with Gasteiger partial charge in [-0.3, -0.25) is 24.7 Å². The summed E-state index contributed by atoms with van der Waals surface area (Å²) in [7, 11) is -2.79. The van der Waals surface area contributed by atoms with Crippen molar-refractivity contribution in [3.8, 4) is 0 Å². The molecule has 0 bridgehead atoms. The van der Waals surface area contributed by atoms with Crippen molar-refractivity contribution in [3.63, 3.8) is 0 Å². The fourth-order valence-electron chi connectivity index (χ4n) is 2.67. The molecule has 0 heterocycles. The van der Waals surface area contributed by atoms with Crippen LogP contribution >= 0.6 is 23.2 Å². The lowest BCUT2D eigenvalue weighted by Crippen LogP contribution is -2.41. The van der Waals surface area contributed by atoms with Gasteiger partial charge >= 0.3 is 0 Å². The number of carbonyl (C=O) groups excluding carboxylic acids is 2. The summed E-state index contributed by atoms with van der Waals surface area (Å²) in [5, 5.41) is 0.318. The Morgan fingerprint density at radius 1 is 0.906 bits per heavy atom. The molecule has 11 heteroatoms. The van der Waals surface area contributed by atoms with Gasteiger partial charge in [0.2, 0.25) is 0 Å². The molecule has 0 spiro atoms. The number of hydrogen-bond acceptors (Lipinski definition) is 4. The van der Waals surface area contributed by atoms with Crippen molar-refractivity contribution in [2.45, 2.75) is 4.90 Å². The molecule has 0 aliphatic heterocycles. The van der Waals surface area contributed by atoms with E-state index in [0.29, 0.717) is 5.02 Å². The lowest BCUT2D eigenvalue weighted by Gasteiger charge is -2.20. The Balaban J connectivity index is 1.80. The third kappa shape index (κ3) is 5.18. The number of sulfonamides is 1. The minimum atomic E-state index is -4.09. The average molecular weight is 496 g/mol. The average Bonchev–Trinajstić information content (AvgIpc) is 2.77. The maximum absolute atomic E-state index is 13.1. The largest absolute Gasteiger partial charge is 0.271 e. The van der Waals surface area contributed by atoms with Crippen LogP contribution in [0.2, 0.25) is 10.0 Å². The van der Waals surface area contributed by atoms with Gasteiger partial charge in [0, 0.05) is 17.6 Å². The van der Waals surface area contributed by atoms with E-state index in [-0.39, 0.29) is 26.7 Å². The number of benzene rings is 3. The Morgan fingerprint density at radius 3 is 2.22 bits per heavy atom. The molecular formula is C21H16Cl2FN3O4S. The van der Waals surface area contributed by atoms with Crippen LogP contribution in [0.5, 0.6) is 0 Å². The van der Waals surface area contributed by atoms with E-state index in [0.717, 1.165) is 22.5 Å². The molecule has 3 aromatic carbocycles. The number of hydrazine groups is 1. The number of carbonyl (C=O) groups is 2. The highest BCUT2D eigenvalue weighted by Crippen LogP contribution is 2.26. The molecule has 0 aromatic heterocycles. The fraction of sp³-hybridized carbons (Fsp3) is 0.0476. The minimum absolute atomic E-state index is 0.0251. The zero-order valence-corrected chi connectivity index (χ0v) is 18.8. The van der Waals surface area contributed by atoms with Gasteiger partial charge < -0.3 is 0 Å². The van der Waals surface area contributed by atoms with Crippen molar-refractivity contribution in [2.24, 2.45) is 0 Å². The van der Waals surface area contributed by atoms with Gasteiger partial charge in [-0.15, -0.1) is 0 Å². The van der Waals surface area contributed by atoms with E-state index in [2.05, 4.69) is 10.9 Å². The van der Waals surface area contributed by atoms with Gasteiger partial charge in [0.15, 0.2) is 0 Å². The number of amides is 2. The summed E-state index contributed by atoms with van der Waals surface area (Å²) < 4.78 is 40.0. The van der Waals surface area contributed by atoms with Crippen LogP contribution in [0.1, 0.15) is 20.7 Å². The Morgan fingerprint density at radius 2 is 1.56 bits per heavy atom. The first-order valence-corrected chi connectivity index (χ1v) is 11.2. The van der Waals surface area contributed by atoms with Crippen molar-refractivity contribution in [3.05, 3.63) is 93.7 Å². The smallest absolute Gasteiger partial charge is 0.269 e. The topological polar surface area (TPSA) is 95.6 Å². The number of nitrogens with zero attached hydrogens (tertiary/aromatic N) is 1. The van der Waals surface area contributed by atoms with Crippen LogP contribution in [-0.2, 0) is 10.0 Å². The predicted octanol–water partition coefficient (Wildman–Crippen LogP) is 4.03. The van der Waals surface area contributed by atoms with Gasteiger partial charge in [-0.1, -0.05) is 29.3 Å². The maximum atomic E-state index is 13.1. The van der Waals surface area contributed by atoms with Crippen LogP contribution in [0.4, 0.5) is 10.1 Å². The molecule has 0 aliphatic carbocycles. The Bertz CT molecular complexity index is 1280. The molecule has 0 saturated heterocycles. The number of halogens is 3. The molecule has 2 N–H and O–H groups in total. The van der Waals surface area contributed by atoms with Crippen molar-refractivity contribution in [1.29, 1.82) is 0 Å². The Kier molecular flexibility index (Phi) is 7.02. The molecule has 166 valence electrons. The highest BCUT2D eigenvalue weighted by molar-refractivity contribution is 7.92. The zero-order valence-electron chi connectivity index (χ0n) is 16.5. The quantitative estimate of drug-likeness (QED) is 0.522. The molecule has 0 atom stereocenters. The molecule has 3 rings (SSSR count). The van der Waals surface area contributed by atoms with E-state index in [1.807, 2.05) is 0 Å². The third-order valence-electron chi connectivity index (χ3n) is 4.41. The summed E-state index contributed by atoms with van der Waals surface area (Å²) in [6.45, 7) is 0. The highest BCUT2D eigenvalue weighted by atomic mass is 35.5. The lowest BCUT2D eigenvalue weighted by atomic mass is 10.2. The number of anilines is 1. The summed E-state index contributed by atoms with van der Waals surface area (Å²) >= 11 is 11.9. The highest BCUT2D eigenvalue weighted by Gasteiger charge is 2.24. The van der Waals surface area contributed by atoms with E-state index >= 15 is 0 Å². The molecule has 0 unspecified atom stereocenters. The van der Waals surface area contributed by atoms with E-state index in [4.69, 9.17) is 23.2 Å². The second-order valence-corrected chi connectivity index (χ2v) is 9.32. The third-order valence-corrected chi connectivity index (χ3v) is 6.75. The van der Waals surface area contributed by atoms with Crippen molar-refractivity contribution in [2.75, 3.05) is 11.4 Å². The Hall–Kier alpha value is -3.14. The van der Waals surface area contributed by atoms with Crippen molar-refractivity contribution >= 4 is 50.7 Å². The number of hydrogen-bond donors (Lipinski definition) is 2. The first kappa shape index (κ1) is 23.5. The van der Waals surface area contributed by atoms with E-state index in [1.165, 1.54) is 43.4 Å². The molecule has 0 saturated carbocycles. The van der Waals surface area contributed by atoms with Crippen LogP contribution < -0.4 is 15.2 Å². The predicted molar refractivity (Wildman–Crippen MR) is 120 cm³/mol. The van der Waals surface area contributed by atoms with E-state index in [1.54, 1.807) is 12.1 Å². The summed E-state index contributed by atoms with van der Waals surface area (Å²) in [6, 6.07) is 14.5. The van der Waals surface area contributed by atoms with Gasteiger partial charge in [0.1, 0.15) is 5.82 Å². The van der Waals surface area contributed by atoms with Gasteiger partial charge in [-0.05, 0) is 60.7 Å². The van der Waals surface area contributed by atoms with E-state index in [9.17, 15) is 22.4 Å². The van der Waals surface area contributed by atoms with Gasteiger partial charge in [0.25, 0.3) is 21.8 Å². The van der Waals surface area contributed by atoms with Crippen molar-refractivity contribution in [1.82, 2.24) is 10.9 Å². The molecule has 0 aliphatic rings. The molecule has 0 radical (unpaired) electrons. The molecular weight excluding hydrogens is 480 g/mol. The van der Waals surface area contributed by atoms with Gasteiger partial charge in [0.05, 0.1) is 21.2 Å². The standard InChI is InChI=1S/C21H16Cl2FN3O4S/c1-27(16-7-5-15(24)6-8-16)32(30,31)17-9-10-19(23)18(12-17)21(29)26-25-20(28)13-3-2-4-14(22)11-13/h2-12H,1H3,(H,25,28)(H,26,29). The monoisotopic (exact) mass is 495 g/mol. The summed E-state index contributed by atoms with van der Waals surface area (Å²) in [5.41, 5.74) is 4.66. The second kappa shape index (κ2) is 9.56. The number of rotatable bonds is 5. The van der Waals surface area contributed by atoms with Gasteiger partial charge in [-0.2, -0.15) is 0 Å². The minimum Gasteiger partial charge on any atom is -0.269 e. The molecule has 7 nitrogen and oxygen atoms in total. The second-order valence-electron chi connectivity index (χ2n) is 6.51. The van der Waals surface area contributed by atoms with Crippen LogP contribution in [0.25, 0.3) is 0 Å². The summed E-state index contributed by atoms with van der Waals surface area (Å²) in [4.78, 5) is 24.5. The molecule has 2 amide bonds. The maximum Gasteiger partial charge on any atom is 0.271 e. The number of nitrogens with one attached hydrogen (secondary N) is 2. The lowest BCUT2D eigenvalue weighted by molar-refractivity contribution is 0.0846. The van der Waals surface area contributed by atoms with Gasteiger partial charge in [-0.25, -0.2) is 12.8 Å². The summed E-state index contributed by atoms with van der Waals surface area (Å²) in [6.07, 6.45) is 0. The summed E-state index contributed by atoms with van der Waals surface area (Å²) in [5.74, 6) is -1.96. The molecule has 32 heavy (non-hydrogen) atoms. The molecule has 0 fully saturated rings. The Labute approximate surface area is 193 Å². The van der Waals surface area contributed by atoms with Crippen LogP contribution in [0.3, 0.4) is 0 Å². The fourth-order valence-corrected chi connectivity index (χ4v) is 4.29. The zero-order chi connectivity index (χ0) is 23.5. The van der Waals surface area contributed by atoms with Crippen LogP contribution in [0.15, 0.2) is 71.6 Å². The first-order chi connectivity index (χ1) is 15.1. The first-order valence-electron chi connectivity index (χ1n) is 9.00.